The SMILES string of the molecule is CCN1CCN(CCOc2ccccc2CN2CCC(C(O)CO)CC2)CC1.O=CO.O=CO. The molecule has 0 saturated carbocycles. The molecule has 10 nitrogen and oxygen atoms in total. The van der Waals surface area contributed by atoms with Crippen LogP contribution in [0.25, 0.3) is 0 Å². The van der Waals surface area contributed by atoms with Crippen LogP contribution in [-0.4, -0.2) is 120 Å². The van der Waals surface area contributed by atoms with Crippen LogP contribution in [0.2, 0.25) is 0 Å². The molecule has 0 bridgehead atoms. The lowest BCUT2D eigenvalue weighted by Gasteiger charge is -2.34. The number of nitrogens with zero attached hydrogens (tertiary/aromatic N) is 3. The Morgan fingerprint density at radius 1 is 0.971 bits per heavy atom. The molecule has 2 aliphatic rings. The van der Waals surface area contributed by atoms with Crippen molar-refractivity contribution in [1.82, 2.24) is 14.7 Å². The molecule has 2 saturated heterocycles. The van der Waals surface area contributed by atoms with Crippen LogP contribution in [0.3, 0.4) is 0 Å². The molecule has 194 valence electrons. The van der Waals surface area contributed by atoms with Gasteiger partial charge >= 0.3 is 0 Å². The lowest BCUT2D eigenvalue weighted by Crippen LogP contribution is -2.47. The van der Waals surface area contributed by atoms with E-state index in [2.05, 4.69) is 39.8 Å². The quantitative estimate of drug-likeness (QED) is 0.371. The summed E-state index contributed by atoms with van der Waals surface area (Å²) in [5.41, 5.74) is 1.24. The zero-order chi connectivity index (χ0) is 25.2. The van der Waals surface area contributed by atoms with E-state index in [0.29, 0.717) is 0 Å². The highest BCUT2D eigenvalue weighted by Gasteiger charge is 2.25. The maximum Gasteiger partial charge on any atom is 0.290 e. The first-order valence-corrected chi connectivity index (χ1v) is 11.8. The number of hydrogen-bond acceptors (Lipinski definition) is 8. The van der Waals surface area contributed by atoms with Gasteiger partial charge in [-0.3, -0.25) is 19.4 Å². The molecule has 3 rings (SSSR count). The Kier molecular flexibility index (Phi) is 15.9. The fraction of sp³-hybridized carbons (Fsp3) is 0.667. The van der Waals surface area contributed by atoms with Crippen LogP contribution in [-0.2, 0) is 16.1 Å². The van der Waals surface area contributed by atoms with Gasteiger partial charge in [-0.05, 0) is 44.5 Å². The van der Waals surface area contributed by atoms with E-state index in [0.717, 1.165) is 84.1 Å². The molecule has 0 radical (unpaired) electrons. The molecule has 4 N–H and O–H groups in total. The third-order valence-electron chi connectivity index (χ3n) is 6.31. The van der Waals surface area contributed by atoms with E-state index in [-0.39, 0.29) is 25.5 Å². The van der Waals surface area contributed by atoms with E-state index < -0.39 is 6.10 Å². The van der Waals surface area contributed by atoms with Gasteiger partial charge in [-0.2, -0.15) is 0 Å². The van der Waals surface area contributed by atoms with Crippen molar-refractivity contribution in [3.05, 3.63) is 29.8 Å². The molecule has 2 heterocycles. The number of aliphatic hydroxyl groups is 2. The van der Waals surface area contributed by atoms with Gasteiger partial charge < -0.3 is 30.1 Å². The number of hydrogen-bond donors (Lipinski definition) is 4. The number of benzene rings is 1. The number of rotatable bonds is 9. The first-order valence-electron chi connectivity index (χ1n) is 11.8. The molecule has 1 unspecified atom stereocenters. The van der Waals surface area contributed by atoms with E-state index in [4.69, 9.17) is 29.6 Å². The van der Waals surface area contributed by atoms with E-state index in [1.165, 1.54) is 5.56 Å². The van der Waals surface area contributed by atoms with Crippen LogP contribution < -0.4 is 4.74 Å². The maximum absolute atomic E-state index is 9.84. The van der Waals surface area contributed by atoms with Gasteiger partial charge in [0.2, 0.25) is 0 Å². The second-order valence-electron chi connectivity index (χ2n) is 8.31. The zero-order valence-electron chi connectivity index (χ0n) is 20.2. The molecule has 1 atom stereocenters. The van der Waals surface area contributed by atoms with Gasteiger partial charge in [0.05, 0.1) is 12.7 Å². The van der Waals surface area contributed by atoms with Crippen LogP contribution in [0.5, 0.6) is 5.75 Å². The Bertz CT molecular complexity index is 658. The number of aliphatic hydroxyl groups excluding tert-OH is 2. The average Bonchev–Trinajstić information content (AvgIpc) is 2.86. The standard InChI is InChI=1S/C22H37N3O3.2CH2O2/c1-2-23-11-13-24(14-12-23)15-16-28-22-6-4-3-5-20(22)17-25-9-7-19(8-10-25)21(27)18-26;2*2-1-3/h3-6,19,21,26-27H,2,7-18H2,1H3;2*1H,(H,2,3). The van der Waals surface area contributed by atoms with Crippen LogP contribution in [0.4, 0.5) is 0 Å². The van der Waals surface area contributed by atoms with Crippen molar-refractivity contribution >= 4 is 12.9 Å². The third kappa shape index (κ3) is 11.3. The van der Waals surface area contributed by atoms with Gasteiger partial charge in [-0.25, -0.2) is 0 Å². The fourth-order valence-electron chi connectivity index (χ4n) is 4.27. The minimum Gasteiger partial charge on any atom is -0.492 e. The van der Waals surface area contributed by atoms with Crippen molar-refractivity contribution in [2.45, 2.75) is 32.4 Å². The van der Waals surface area contributed by atoms with Crippen molar-refractivity contribution in [1.29, 1.82) is 0 Å². The summed E-state index contributed by atoms with van der Waals surface area (Å²) in [5, 5.41) is 32.8. The molecule has 0 aliphatic carbocycles. The highest BCUT2D eigenvalue weighted by Crippen LogP contribution is 2.25. The molecular formula is C24H41N3O7. The number of carbonyl (C=O) groups is 2. The summed E-state index contributed by atoms with van der Waals surface area (Å²) < 4.78 is 6.16. The predicted molar refractivity (Wildman–Crippen MR) is 129 cm³/mol. The Labute approximate surface area is 202 Å². The van der Waals surface area contributed by atoms with Crippen LogP contribution in [0.15, 0.2) is 24.3 Å². The first-order chi connectivity index (χ1) is 16.5. The number of likely N-dealkylation sites (tertiary alicyclic amines) is 1. The lowest BCUT2D eigenvalue weighted by molar-refractivity contribution is -0.123. The van der Waals surface area contributed by atoms with E-state index in [9.17, 15) is 5.11 Å². The number of para-hydroxylation sites is 1. The summed E-state index contributed by atoms with van der Waals surface area (Å²) in [6, 6.07) is 8.35. The van der Waals surface area contributed by atoms with Gasteiger partial charge in [0.1, 0.15) is 12.4 Å². The number of piperidine rings is 1. The topological polar surface area (TPSA) is 134 Å². The minimum atomic E-state index is -0.572. The minimum absolute atomic E-state index is 0.130. The van der Waals surface area contributed by atoms with Gasteiger partial charge in [0, 0.05) is 44.8 Å². The predicted octanol–water partition coefficient (Wildman–Crippen LogP) is 0.670. The molecule has 10 heteroatoms. The maximum atomic E-state index is 9.84. The molecule has 1 aromatic carbocycles. The van der Waals surface area contributed by atoms with Crippen molar-refractivity contribution in [2.24, 2.45) is 5.92 Å². The molecule has 0 amide bonds. The second kappa shape index (κ2) is 18.1. The Morgan fingerprint density at radius 3 is 2.09 bits per heavy atom. The highest BCUT2D eigenvalue weighted by molar-refractivity contribution is 5.33. The third-order valence-corrected chi connectivity index (χ3v) is 6.31. The number of piperazine rings is 1. The monoisotopic (exact) mass is 483 g/mol. The Morgan fingerprint density at radius 2 is 1.53 bits per heavy atom. The Hall–Kier alpha value is -2.24. The van der Waals surface area contributed by atoms with E-state index in [1.807, 2.05) is 6.07 Å². The number of ether oxygens (including phenoxy) is 1. The number of likely N-dealkylation sites (N-methyl/N-ethyl adjacent to an activating group) is 1. The summed E-state index contributed by atoms with van der Waals surface area (Å²) in [6.45, 7) is 11.8. The van der Waals surface area contributed by atoms with Gasteiger partial charge in [-0.1, -0.05) is 25.1 Å². The normalized spacial score (nSPS) is 18.6. The van der Waals surface area contributed by atoms with Crippen LogP contribution in [0.1, 0.15) is 25.3 Å². The summed E-state index contributed by atoms with van der Waals surface area (Å²) in [6.07, 6.45) is 1.31. The van der Waals surface area contributed by atoms with Crippen LogP contribution >= 0.6 is 0 Å². The van der Waals surface area contributed by atoms with Gasteiger partial charge in [0.15, 0.2) is 0 Å². The first kappa shape index (κ1) is 29.8. The largest absolute Gasteiger partial charge is 0.492 e. The lowest BCUT2D eigenvalue weighted by atomic mass is 9.91. The molecule has 34 heavy (non-hydrogen) atoms. The van der Waals surface area contributed by atoms with Crippen molar-refractivity contribution in [3.8, 4) is 5.75 Å². The average molecular weight is 484 g/mol. The molecular weight excluding hydrogens is 442 g/mol. The van der Waals surface area contributed by atoms with Crippen LogP contribution in [0, 0.1) is 5.92 Å². The van der Waals surface area contributed by atoms with Gasteiger partial charge in [-0.15, -0.1) is 0 Å². The fourth-order valence-corrected chi connectivity index (χ4v) is 4.27. The molecule has 2 aliphatic heterocycles. The number of carboxylic acid groups (broad SMARTS) is 2. The summed E-state index contributed by atoms with van der Waals surface area (Å²) >= 11 is 0. The van der Waals surface area contributed by atoms with Crippen molar-refractivity contribution in [2.75, 3.05) is 65.6 Å². The molecule has 0 spiro atoms. The van der Waals surface area contributed by atoms with Crippen molar-refractivity contribution < 1.29 is 34.8 Å². The van der Waals surface area contributed by atoms with Gasteiger partial charge in [0.25, 0.3) is 12.9 Å². The zero-order valence-corrected chi connectivity index (χ0v) is 20.2. The summed E-state index contributed by atoms with van der Waals surface area (Å²) in [7, 11) is 0. The molecule has 2 fully saturated rings. The van der Waals surface area contributed by atoms with Crippen molar-refractivity contribution in [3.63, 3.8) is 0 Å². The highest BCUT2D eigenvalue weighted by atomic mass is 16.5. The summed E-state index contributed by atoms with van der Waals surface area (Å²) in [5.74, 6) is 1.22. The molecule has 1 aromatic rings. The smallest absolute Gasteiger partial charge is 0.290 e. The summed E-state index contributed by atoms with van der Waals surface area (Å²) in [4.78, 5) is 24.1. The second-order valence-corrected chi connectivity index (χ2v) is 8.31. The van der Waals surface area contributed by atoms with E-state index >= 15 is 0 Å². The van der Waals surface area contributed by atoms with E-state index in [1.54, 1.807) is 0 Å². The Balaban J connectivity index is 0.000000872. The molecule has 0 aromatic heterocycles.